The number of rotatable bonds is 6. The van der Waals surface area contributed by atoms with Gasteiger partial charge < -0.3 is 29.8 Å². The fourth-order valence-corrected chi connectivity index (χ4v) is 6.03. The van der Waals surface area contributed by atoms with Crippen LogP contribution in [0.4, 0.5) is 24.5 Å². The Morgan fingerprint density at radius 1 is 1.12 bits per heavy atom. The van der Waals surface area contributed by atoms with Crippen LogP contribution in [0.1, 0.15) is 17.5 Å². The number of anilines is 1. The number of ether oxygens (including phenoxy) is 2. The first-order valence-electron chi connectivity index (χ1n) is 12.7. The summed E-state index contributed by atoms with van der Waals surface area (Å²) in [5.74, 6) is -1.65. The van der Waals surface area contributed by atoms with Crippen LogP contribution in [0.25, 0.3) is 5.57 Å². The van der Waals surface area contributed by atoms with E-state index in [-0.39, 0.29) is 23.1 Å². The summed E-state index contributed by atoms with van der Waals surface area (Å²) in [7, 11) is -3.91. The van der Waals surface area contributed by atoms with Gasteiger partial charge >= 0.3 is 16.2 Å². The van der Waals surface area contributed by atoms with Crippen molar-refractivity contribution in [3.8, 4) is 17.2 Å². The smallest absolute Gasteiger partial charge is 0.430 e. The summed E-state index contributed by atoms with van der Waals surface area (Å²) in [5, 5.41) is 24.7. The summed E-state index contributed by atoms with van der Waals surface area (Å²) in [6.07, 6.45) is -2.28. The summed E-state index contributed by atoms with van der Waals surface area (Å²) in [6, 6.07) is 14.3. The lowest BCUT2D eigenvalue weighted by Gasteiger charge is -2.11. The summed E-state index contributed by atoms with van der Waals surface area (Å²) in [4.78, 5) is 13.6. The van der Waals surface area contributed by atoms with Crippen molar-refractivity contribution in [3.63, 3.8) is 0 Å². The van der Waals surface area contributed by atoms with Gasteiger partial charge in [-0.2, -0.15) is 21.6 Å². The molecule has 0 aromatic heterocycles. The Morgan fingerprint density at radius 2 is 1.81 bits per heavy atom. The van der Waals surface area contributed by atoms with Crippen LogP contribution in [-0.4, -0.2) is 55.7 Å². The third-order valence-corrected chi connectivity index (χ3v) is 8.38. The molecule has 3 aliphatic rings. The third kappa shape index (κ3) is 5.62. The van der Waals surface area contributed by atoms with Crippen molar-refractivity contribution < 1.29 is 50.1 Å². The largest absolute Gasteiger partial charge is 0.542 e. The molecule has 0 atom stereocenters. The molecule has 10 nitrogen and oxygen atoms in total. The minimum Gasteiger partial charge on any atom is -0.542 e. The fraction of sp³-hybridized carbons (Fsp3) is 0.250. The van der Waals surface area contributed by atoms with Crippen molar-refractivity contribution in [2.75, 3.05) is 25.2 Å². The summed E-state index contributed by atoms with van der Waals surface area (Å²) >= 11 is 0. The first-order valence-corrected chi connectivity index (χ1v) is 14.1. The monoisotopic (exact) mass is 603 g/mol. The number of hydrogen-bond donors (Lipinski definition) is 2. The van der Waals surface area contributed by atoms with Gasteiger partial charge in [-0.3, -0.25) is 4.99 Å². The minimum absolute atomic E-state index is 0.103. The number of sulfonamides is 1. The number of phenolic OH excluding ortho intramolecular Hbond substituents is 1. The number of aliphatic carboxylic acids is 1. The van der Waals surface area contributed by atoms with Gasteiger partial charge in [0, 0.05) is 18.7 Å². The molecule has 0 aliphatic carbocycles. The number of aromatic hydroxyl groups is 1. The number of halogens is 3. The molecule has 0 saturated heterocycles. The molecule has 0 amide bonds. The van der Waals surface area contributed by atoms with Crippen molar-refractivity contribution >= 4 is 39.2 Å². The first-order chi connectivity index (χ1) is 19.9. The van der Waals surface area contributed by atoms with Crippen molar-refractivity contribution in [2.24, 2.45) is 4.99 Å². The number of carbonyl (C=O) groups excluding carboxylic acids is 1. The lowest BCUT2D eigenvalue weighted by molar-refractivity contribution is -0.344. The predicted octanol–water partition coefficient (Wildman–Crippen LogP) is 1.67. The SMILES string of the molecule is Cc1ccc(S(=O)(=O)[N+]2=CC3=c4c2c(O)c(NCCc2ccc5c(c2)OCO5)cc4=NCC3)cc1.O=C([O-])C(F)(F)F. The Bertz CT molecular complexity index is 1840. The molecule has 3 aromatic rings. The maximum atomic E-state index is 13.6. The molecule has 3 aliphatic heterocycles. The molecular formula is C28H24F3N3O7S. The zero-order valence-electron chi connectivity index (χ0n) is 22.1. The van der Waals surface area contributed by atoms with Crippen molar-refractivity contribution in [2.45, 2.75) is 30.8 Å². The van der Waals surface area contributed by atoms with E-state index in [1.807, 2.05) is 25.1 Å². The van der Waals surface area contributed by atoms with Gasteiger partial charge in [-0.15, -0.1) is 0 Å². The number of carboxylic acid groups (broad SMARTS) is 1. The molecule has 2 N–H and O–H groups in total. The highest BCUT2D eigenvalue weighted by molar-refractivity contribution is 7.85. The number of fused-ring (bicyclic) bond motifs is 1. The zero-order valence-corrected chi connectivity index (χ0v) is 22.9. The van der Waals surface area contributed by atoms with Crippen LogP contribution >= 0.6 is 0 Å². The number of benzene rings is 3. The highest BCUT2D eigenvalue weighted by Gasteiger charge is 2.39. The number of carboxylic acids is 1. The van der Waals surface area contributed by atoms with E-state index < -0.39 is 22.2 Å². The van der Waals surface area contributed by atoms with Crippen LogP contribution < -0.4 is 30.5 Å². The highest BCUT2D eigenvalue weighted by Crippen LogP contribution is 2.36. The number of nitrogens with one attached hydrogen (secondary N) is 1. The van der Waals surface area contributed by atoms with Gasteiger partial charge in [0.15, 0.2) is 17.7 Å². The van der Waals surface area contributed by atoms with E-state index in [9.17, 15) is 26.7 Å². The molecule has 0 unspecified atom stereocenters. The minimum atomic E-state index is -5.19. The van der Waals surface area contributed by atoms with Crippen LogP contribution in [0.5, 0.6) is 17.2 Å². The van der Waals surface area contributed by atoms with Gasteiger partial charge in [0.05, 0.1) is 16.3 Å². The number of phenols is 1. The van der Waals surface area contributed by atoms with Gasteiger partial charge in [0.25, 0.3) is 5.69 Å². The van der Waals surface area contributed by atoms with Gasteiger partial charge in [0.1, 0.15) is 10.9 Å². The molecule has 14 heteroatoms. The van der Waals surface area contributed by atoms with E-state index in [0.717, 1.165) is 28.2 Å². The molecule has 0 bridgehead atoms. The van der Waals surface area contributed by atoms with Crippen molar-refractivity contribution in [1.29, 1.82) is 0 Å². The summed E-state index contributed by atoms with van der Waals surface area (Å²) < 4.78 is 70.7. The Kier molecular flexibility index (Phi) is 7.58. The van der Waals surface area contributed by atoms with E-state index >= 15 is 0 Å². The van der Waals surface area contributed by atoms with Gasteiger partial charge in [-0.1, -0.05) is 27.7 Å². The van der Waals surface area contributed by atoms with E-state index in [1.165, 1.54) is 3.98 Å². The van der Waals surface area contributed by atoms with E-state index in [2.05, 4.69) is 10.3 Å². The molecule has 0 saturated carbocycles. The maximum Gasteiger partial charge on any atom is 0.430 e. The number of hydrogen-bond acceptors (Lipinski definition) is 9. The van der Waals surface area contributed by atoms with Gasteiger partial charge in [0.2, 0.25) is 12.5 Å². The summed E-state index contributed by atoms with van der Waals surface area (Å²) in [6.45, 7) is 3.22. The van der Waals surface area contributed by atoms with Crippen LogP contribution in [0.15, 0.2) is 58.4 Å². The van der Waals surface area contributed by atoms with Crippen LogP contribution in [0.3, 0.4) is 0 Å². The molecule has 220 valence electrons. The normalized spacial score (nSPS) is 14.8. The topological polar surface area (TPSA) is 140 Å². The molecule has 3 heterocycles. The molecule has 3 aromatic carbocycles. The summed E-state index contributed by atoms with van der Waals surface area (Å²) in [5.41, 5.74) is 3.60. The Balaban J connectivity index is 0.000000451. The van der Waals surface area contributed by atoms with E-state index in [1.54, 1.807) is 36.5 Å². The molecule has 42 heavy (non-hydrogen) atoms. The van der Waals surface area contributed by atoms with Crippen LogP contribution in [0.2, 0.25) is 0 Å². The fourth-order valence-electron chi connectivity index (χ4n) is 4.64. The molecule has 6 rings (SSSR count). The second kappa shape index (κ2) is 11.0. The average Bonchev–Trinajstić information content (AvgIpc) is 3.57. The van der Waals surface area contributed by atoms with Crippen LogP contribution in [0, 0.1) is 6.92 Å². The second-order valence-electron chi connectivity index (χ2n) is 9.57. The Morgan fingerprint density at radius 3 is 2.50 bits per heavy atom. The number of alkyl halides is 3. The Hall–Kier alpha value is -4.59. The average molecular weight is 604 g/mol. The third-order valence-electron chi connectivity index (χ3n) is 6.71. The molecule has 0 radical (unpaired) electrons. The quantitative estimate of drug-likeness (QED) is 0.321. The lowest BCUT2D eigenvalue weighted by Crippen LogP contribution is -2.37. The molecule has 0 fully saturated rings. The highest BCUT2D eigenvalue weighted by atomic mass is 32.2. The standard InChI is InChI=1S/C26H23N3O5S.C2HF3O2/c1-16-2-5-19(6-3-16)35(31,32)29-14-18-9-11-27-20-13-21(26(30)25(29)24(18)20)28-10-8-17-4-7-22-23(12-17)34-15-33-22;3-2(4,5)1(6)7/h2-7,12-14H,8-11,15H2,1H3,(H,27,28);(H,6,7). The molecule has 0 spiro atoms. The zero-order chi connectivity index (χ0) is 30.2. The number of aryl methyl sites for hydroxylation is 1. The van der Waals surface area contributed by atoms with Gasteiger partial charge in [-0.05, 0) is 55.7 Å². The second-order valence-corrected chi connectivity index (χ2v) is 11.4. The predicted molar refractivity (Wildman–Crippen MR) is 142 cm³/mol. The van der Waals surface area contributed by atoms with Gasteiger partial charge in [-0.25, -0.2) is 0 Å². The number of carbonyl (C=O) groups is 1. The Labute approximate surface area is 237 Å². The van der Waals surface area contributed by atoms with E-state index in [4.69, 9.17) is 19.4 Å². The van der Waals surface area contributed by atoms with E-state index in [0.29, 0.717) is 42.2 Å². The number of nitrogens with zero attached hydrogens (tertiary/aromatic N) is 2. The van der Waals surface area contributed by atoms with Crippen molar-refractivity contribution in [1.82, 2.24) is 0 Å². The molecular weight excluding hydrogens is 579 g/mol. The first kappa shape index (κ1) is 28.9. The maximum absolute atomic E-state index is 13.6. The van der Waals surface area contributed by atoms with Crippen LogP contribution in [-0.2, 0) is 21.2 Å². The lowest BCUT2D eigenvalue weighted by atomic mass is 10.1. The van der Waals surface area contributed by atoms with Crippen molar-refractivity contribution in [3.05, 3.63) is 70.2 Å².